The van der Waals surface area contributed by atoms with E-state index < -0.39 is 9.84 Å². The smallest absolute Gasteiger partial charge is 0.161 e. The lowest BCUT2D eigenvalue weighted by molar-refractivity contribution is 0.591. The fourth-order valence-corrected chi connectivity index (χ4v) is 4.38. The number of nitrogens with zero attached hydrogens (tertiary/aromatic N) is 2. The molecular weight excluding hydrogens is 360 g/mol. The highest BCUT2D eigenvalue weighted by Crippen LogP contribution is 2.23. The Morgan fingerprint density at radius 3 is 2.72 bits per heavy atom. The molecule has 0 aliphatic heterocycles. The Morgan fingerprint density at radius 2 is 2.22 bits per heavy atom. The number of aromatic nitrogens is 2. The van der Waals surface area contributed by atoms with E-state index in [1.54, 1.807) is 11.6 Å². The second-order valence-electron chi connectivity index (χ2n) is 3.85. The second kappa shape index (κ2) is 5.32. The molecule has 2 heterocycles. The lowest BCUT2D eigenvalue weighted by Crippen LogP contribution is -2.11. The van der Waals surface area contributed by atoms with Gasteiger partial charge in [0.1, 0.15) is 16.7 Å². The Bertz CT molecular complexity index is 663. The number of imidazole rings is 1. The summed E-state index contributed by atoms with van der Waals surface area (Å²) in [4.78, 5) is 3.99. The molecule has 0 bridgehead atoms. The van der Waals surface area contributed by atoms with Gasteiger partial charge in [-0.25, -0.2) is 13.4 Å². The average molecular weight is 370 g/mol. The molecule has 0 unspecified atom stereocenters. The molecule has 0 saturated heterocycles. The van der Waals surface area contributed by atoms with Crippen LogP contribution >= 0.6 is 38.9 Å². The van der Waals surface area contributed by atoms with Crippen LogP contribution in [0.15, 0.2) is 21.4 Å². The molecule has 0 aliphatic rings. The fourth-order valence-electron chi connectivity index (χ4n) is 1.48. The van der Waals surface area contributed by atoms with Crippen LogP contribution in [-0.2, 0) is 28.4 Å². The highest BCUT2D eigenvalue weighted by Gasteiger charge is 2.17. The molecule has 0 amide bonds. The maximum atomic E-state index is 12.0. The topological polar surface area (TPSA) is 52.0 Å². The van der Waals surface area contributed by atoms with Crippen LogP contribution in [0, 0.1) is 0 Å². The molecule has 98 valence electrons. The Balaban J connectivity index is 2.15. The minimum absolute atomic E-state index is 0.0135. The van der Waals surface area contributed by atoms with Gasteiger partial charge in [-0.2, -0.15) is 0 Å². The quantitative estimate of drug-likeness (QED) is 0.832. The zero-order valence-corrected chi connectivity index (χ0v) is 13.4. The summed E-state index contributed by atoms with van der Waals surface area (Å²) in [7, 11) is -1.54. The van der Waals surface area contributed by atoms with Crippen LogP contribution in [0.5, 0.6) is 0 Å². The van der Waals surface area contributed by atoms with Crippen LogP contribution < -0.4 is 0 Å². The van der Waals surface area contributed by atoms with Crippen LogP contribution in [-0.4, -0.2) is 18.0 Å². The molecule has 0 saturated carbocycles. The molecule has 0 aliphatic carbocycles. The van der Waals surface area contributed by atoms with E-state index in [2.05, 4.69) is 20.9 Å². The van der Waals surface area contributed by atoms with Crippen LogP contribution in [0.3, 0.4) is 0 Å². The van der Waals surface area contributed by atoms with Crippen molar-refractivity contribution < 1.29 is 8.42 Å². The lowest BCUT2D eigenvalue weighted by atomic mass is 10.4. The molecular formula is C10H10BrClN2O2S2. The predicted molar refractivity (Wildman–Crippen MR) is 76.6 cm³/mol. The summed E-state index contributed by atoms with van der Waals surface area (Å²) in [6.45, 7) is 0. The Hall–Kier alpha value is -0.370. The summed E-state index contributed by atoms with van der Waals surface area (Å²) < 4.78 is 26.6. The third-order valence-corrected chi connectivity index (χ3v) is 5.76. The number of hydrogen-bond acceptors (Lipinski definition) is 4. The molecule has 4 nitrogen and oxygen atoms in total. The molecule has 0 radical (unpaired) electrons. The van der Waals surface area contributed by atoms with Crippen molar-refractivity contribution in [1.82, 2.24) is 9.55 Å². The van der Waals surface area contributed by atoms with Gasteiger partial charge in [-0.15, -0.1) is 11.3 Å². The SMILES string of the molecule is Cn1c(Cl)cnc1CS(=O)(=O)Cc1csc(Br)c1. The van der Waals surface area contributed by atoms with E-state index >= 15 is 0 Å². The summed E-state index contributed by atoms with van der Waals surface area (Å²) in [5.74, 6) is 0.359. The molecule has 18 heavy (non-hydrogen) atoms. The van der Waals surface area contributed by atoms with Crippen molar-refractivity contribution in [2.75, 3.05) is 0 Å². The molecule has 2 aromatic rings. The van der Waals surface area contributed by atoms with Crippen molar-refractivity contribution in [2.45, 2.75) is 11.5 Å². The zero-order chi connectivity index (χ0) is 13.3. The summed E-state index contributed by atoms with van der Waals surface area (Å²) in [6, 6.07) is 1.81. The average Bonchev–Trinajstić information content (AvgIpc) is 2.78. The summed E-state index contributed by atoms with van der Waals surface area (Å²) in [5.41, 5.74) is 0.784. The van der Waals surface area contributed by atoms with Gasteiger partial charge in [0.15, 0.2) is 9.84 Å². The first-order valence-electron chi connectivity index (χ1n) is 4.97. The normalized spacial score (nSPS) is 11.9. The van der Waals surface area contributed by atoms with Gasteiger partial charge in [0.05, 0.1) is 15.7 Å². The molecule has 2 aromatic heterocycles. The monoisotopic (exact) mass is 368 g/mol. The van der Waals surface area contributed by atoms with Crippen molar-refractivity contribution in [3.8, 4) is 0 Å². The first-order chi connectivity index (χ1) is 8.37. The van der Waals surface area contributed by atoms with Gasteiger partial charge < -0.3 is 4.57 Å². The molecule has 0 fully saturated rings. The van der Waals surface area contributed by atoms with Crippen LogP contribution in [0.2, 0.25) is 5.15 Å². The van der Waals surface area contributed by atoms with Gasteiger partial charge >= 0.3 is 0 Å². The van der Waals surface area contributed by atoms with E-state index in [1.807, 2.05) is 11.4 Å². The minimum atomic E-state index is -3.24. The Morgan fingerprint density at radius 1 is 1.50 bits per heavy atom. The van der Waals surface area contributed by atoms with Gasteiger partial charge in [-0.1, -0.05) is 11.6 Å². The van der Waals surface area contributed by atoms with E-state index in [0.29, 0.717) is 11.0 Å². The standard InChI is InChI=1S/C10H10BrClN2O2S2/c1-14-9(12)3-13-10(14)6-18(15,16)5-7-2-8(11)17-4-7/h2-4H,5-6H2,1H3. The highest BCUT2D eigenvalue weighted by molar-refractivity contribution is 9.11. The van der Waals surface area contributed by atoms with E-state index in [4.69, 9.17) is 11.6 Å². The summed E-state index contributed by atoms with van der Waals surface area (Å²) in [6.07, 6.45) is 1.45. The van der Waals surface area contributed by atoms with Crippen LogP contribution in [0.4, 0.5) is 0 Å². The van der Waals surface area contributed by atoms with E-state index in [-0.39, 0.29) is 11.5 Å². The predicted octanol–water partition coefficient (Wildman–Crippen LogP) is 3.01. The van der Waals surface area contributed by atoms with Crippen molar-refractivity contribution in [1.29, 1.82) is 0 Å². The van der Waals surface area contributed by atoms with Gasteiger partial charge in [-0.05, 0) is 32.9 Å². The molecule has 8 heteroatoms. The van der Waals surface area contributed by atoms with Gasteiger partial charge in [0, 0.05) is 7.05 Å². The largest absolute Gasteiger partial charge is 0.321 e. The first kappa shape index (κ1) is 14.0. The molecule has 0 aromatic carbocycles. The number of hydrogen-bond donors (Lipinski definition) is 0. The van der Waals surface area contributed by atoms with Crippen molar-refractivity contribution in [2.24, 2.45) is 7.05 Å². The van der Waals surface area contributed by atoms with Crippen molar-refractivity contribution in [3.05, 3.63) is 38.0 Å². The molecule has 0 spiro atoms. The maximum Gasteiger partial charge on any atom is 0.161 e. The zero-order valence-electron chi connectivity index (χ0n) is 9.43. The number of rotatable bonds is 4. The third-order valence-electron chi connectivity index (χ3n) is 2.39. The van der Waals surface area contributed by atoms with E-state index in [9.17, 15) is 8.42 Å². The maximum absolute atomic E-state index is 12.0. The number of halogens is 2. The minimum Gasteiger partial charge on any atom is -0.321 e. The number of sulfone groups is 1. The fraction of sp³-hybridized carbons (Fsp3) is 0.300. The molecule has 2 rings (SSSR count). The van der Waals surface area contributed by atoms with Crippen molar-refractivity contribution in [3.63, 3.8) is 0 Å². The van der Waals surface area contributed by atoms with Gasteiger partial charge in [-0.3, -0.25) is 0 Å². The lowest BCUT2D eigenvalue weighted by Gasteiger charge is -2.04. The van der Waals surface area contributed by atoms with Gasteiger partial charge in [0.2, 0.25) is 0 Å². The van der Waals surface area contributed by atoms with Crippen molar-refractivity contribution >= 4 is 48.7 Å². The second-order valence-corrected chi connectivity index (χ2v) is 8.59. The molecule has 0 atom stereocenters. The van der Waals surface area contributed by atoms with Crippen LogP contribution in [0.1, 0.15) is 11.4 Å². The van der Waals surface area contributed by atoms with E-state index in [1.165, 1.54) is 17.5 Å². The molecule has 0 N–H and O–H groups in total. The first-order valence-corrected chi connectivity index (χ1v) is 8.84. The number of thiophene rings is 1. The Labute approximate surface area is 123 Å². The van der Waals surface area contributed by atoms with E-state index in [0.717, 1.165) is 9.35 Å². The van der Waals surface area contributed by atoms with Crippen LogP contribution in [0.25, 0.3) is 0 Å². The van der Waals surface area contributed by atoms with Gasteiger partial charge in [0.25, 0.3) is 0 Å². The Kier molecular flexibility index (Phi) is 4.15. The summed E-state index contributed by atoms with van der Waals surface area (Å²) >= 11 is 10.6. The summed E-state index contributed by atoms with van der Waals surface area (Å²) in [5, 5.41) is 2.26. The highest BCUT2D eigenvalue weighted by atomic mass is 79.9. The third kappa shape index (κ3) is 3.34.